The van der Waals surface area contributed by atoms with Gasteiger partial charge in [-0.15, -0.1) is 11.8 Å². The van der Waals surface area contributed by atoms with E-state index in [1.807, 2.05) is 0 Å². The molecule has 0 heterocycles. The number of carboxylic acid groups (broad SMARTS) is 1. The molecule has 7 nitrogen and oxygen atoms in total. The molecule has 86 valence electrons. The Hall–Kier alpha value is -1.28. The largest absolute Gasteiger partial charge is 0.480 e. The molecule has 0 saturated carbocycles. The first-order valence-corrected chi connectivity index (χ1v) is 5.20. The number of thioether (sulfide) groups is 1. The second-order valence-corrected chi connectivity index (χ2v) is 3.72. The Morgan fingerprint density at radius 2 is 2.00 bits per heavy atom. The van der Waals surface area contributed by atoms with Crippen molar-refractivity contribution in [2.75, 3.05) is 11.5 Å². The number of nitrogens with two attached hydrogens (primary N) is 1. The number of hydrazine groups is 1. The Kier molecular flexibility index (Phi) is 6.47. The molecule has 0 saturated heterocycles. The summed E-state index contributed by atoms with van der Waals surface area (Å²) in [6.45, 7) is 1.26. The lowest BCUT2D eigenvalue weighted by atomic mass is 10.4. The maximum atomic E-state index is 11.0. The van der Waals surface area contributed by atoms with Crippen molar-refractivity contribution in [3.63, 3.8) is 0 Å². The molecule has 0 aliphatic rings. The number of nitrogens with one attached hydrogen (secondary N) is 2. The molecular formula is C7H13N3O4S. The molecule has 0 aromatic rings. The topological polar surface area (TPSA) is 122 Å². The normalized spacial score (nSPS) is 11.6. The number of hydrogen-bond donors (Lipinski definition) is 4. The van der Waals surface area contributed by atoms with Gasteiger partial charge in [0.1, 0.15) is 6.04 Å². The summed E-state index contributed by atoms with van der Waals surface area (Å²) in [5, 5.41) is 8.43. The Labute approximate surface area is 90.7 Å². The minimum Gasteiger partial charge on any atom is -0.480 e. The Morgan fingerprint density at radius 3 is 2.47 bits per heavy atom. The molecule has 0 radical (unpaired) electrons. The molecule has 0 aliphatic carbocycles. The molecule has 0 aliphatic heterocycles. The summed E-state index contributed by atoms with van der Waals surface area (Å²) >= 11 is 1.08. The van der Waals surface area contributed by atoms with Gasteiger partial charge in [0.2, 0.25) is 11.8 Å². The minimum absolute atomic E-state index is 0.0429. The van der Waals surface area contributed by atoms with Crippen molar-refractivity contribution < 1.29 is 19.5 Å². The van der Waals surface area contributed by atoms with Gasteiger partial charge in [0.25, 0.3) is 0 Å². The predicted octanol–water partition coefficient (Wildman–Crippen LogP) is -1.70. The van der Waals surface area contributed by atoms with Crippen LogP contribution in [0.15, 0.2) is 0 Å². The zero-order chi connectivity index (χ0) is 11.8. The molecule has 0 unspecified atom stereocenters. The quantitative estimate of drug-likeness (QED) is 0.421. The highest BCUT2D eigenvalue weighted by atomic mass is 32.2. The summed E-state index contributed by atoms with van der Waals surface area (Å²) in [5.41, 5.74) is 9.45. The van der Waals surface area contributed by atoms with Crippen molar-refractivity contribution in [1.82, 2.24) is 10.9 Å². The fourth-order valence-electron chi connectivity index (χ4n) is 0.544. The second-order valence-electron chi connectivity index (χ2n) is 2.69. The minimum atomic E-state index is -1.11. The van der Waals surface area contributed by atoms with Crippen LogP contribution < -0.4 is 16.6 Å². The number of aliphatic carboxylic acids is 1. The SMILES string of the molecule is CC(=O)NNC(=O)CSC[C@@H](N)C(=O)O. The van der Waals surface area contributed by atoms with Gasteiger partial charge in [-0.2, -0.15) is 0 Å². The second kappa shape index (κ2) is 7.07. The Balaban J connectivity index is 3.55. The van der Waals surface area contributed by atoms with Crippen LogP contribution in [-0.2, 0) is 14.4 Å². The van der Waals surface area contributed by atoms with E-state index in [0.29, 0.717) is 0 Å². The van der Waals surface area contributed by atoms with Crippen LogP contribution in [0.1, 0.15) is 6.92 Å². The van der Waals surface area contributed by atoms with Crippen molar-refractivity contribution in [3.05, 3.63) is 0 Å². The van der Waals surface area contributed by atoms with Crippen LogP contribution in [-0.4, -0.2) is 40.4 Å². The zero-order valence-electron chi connectivity index (χ0n) is 8.15. The third-order valence-corrected chi connectivity index (χ3v) is 2.29. The van der Waals surface area contributed by atoms with Crippen LogP contribution in [0.3, 0.4) is 0 Å². The van der Waals surface area contributed by atoms with Crippen LogP contribution in [0.5, 0.6) is 0 Å². The van der Waals surface area contributed by atoms with E-state index in [4.69, 9.17) is 10.8 Å². The highest BCUT2D eigenvalue weighted by Crippen LogP contribution is 2.00. The Bertz CT molecular complexity index is 259. The first kappa shape index (κ1) is 13.7. The molecule has 0 aromatic heterocycles. The van der Waals surface area contributed by atoms with E-state index in [2.05, 4.69) is 10.9 Å². The van der Waals surface area contributed by atoms with Crippen molar-refractivity contribution in [2.24, 2.45) is 5.73 Å². The van der Waals surface area contributed by atoms with E-state index < -0.39 is 17.9 Å². The van der Waals surface area contributed by atoms with Crippen molar-refractivity contribution in [1.29, 1.82) is 0 Å². The Morgan fingerprint density at radius 1 is 1.40 bits per heavy atom. The van der Waals surface area contributed by atoms with Gasteiger partial charge in [0.05, 0.1) is 5.75 Å². The maximum Gasteiger partial charge on any atom is 0.321 e. The molecule has 0 rings (SSSR count). The zero-order valence-corrected chi connectivity index (χ0v) is 8.97. The standard InChI is InChI=1S/C7H13N3O4S/c1-4(11)9-10-6(12)3-15-2-5(8)7(13)14/h5H,2-3,8H2,1H3,(H,9,11)(H,10,12)(H,13,14)/t5-/m1/s1. The smallest absolute Gasteiger partial charge is 0.321 e. The van der Waals surface area contributed by atoms with Gasteiger partial charge in [-0.1, -0.05) is 0 Å². The highest BCUT2D eigenvalue weighted by molar-refractivity contribution is 8.00. The molecule has 0 fully saturated rings. The van der Waals surface area contributed by atoms with Crippen molar-refractivity contribution in [3.8, 4) is 0 Å². The number of amides is 2. The number of hydrogen-bond acceptors (Lipinski definition) is 5. The summed E-state index contributed by atoms with van der Waals surface area (Å²) in [7, 11) is 0. The number of carbonyl (C=O) groups is 3. The monoisotopic (exact) mass is 235 g/mol. The first-order valence-electron chi connectivity index (χ1n) is 4.05. The summed E-state index contributed by atoms with van der Waals surface area (Å²) in [6.07, 6.45) is 0. The first-order chi connectivity index (χ1) is 6.93. The number of carbonyl (C=O) groups excluding carboxylic acids is 2. The van der Waals surface area contributed by atoms with E-state index in [-0.39, 0.29) is 17.4 Å². The molecule has 8 heteroatoms. The summed E-state index contributed by atoms with van der Waals surface area (Å²) < 4.78 is 0. The van der Waals surface area contributed by atoms with Crippen LogP contribution in [0.25, 0.3) is 0 Å². The third kappa shape index (κ3) is 7.77. The molecule has 15 heavy (non-hydrogen) atoms. The van der Waals surface area contributed by atoms with Crippen LogP contribution in [0.2, 0.25) is 0 Å². The molecule has 1 atom stereocenters. The lowest BCUT2D eigenvalue weighted by molar-refractivity contribution is -0.138. The van der Waals surface area contributed by atoms with Gasteiger partial charge >= 0.3 is 5.97 Å². The fraction of sp³-hybridized carbons (Fsp3) is 0.571. The number of carboxylic acids is 1. The maximum absolute atomic E-state index is 11.0. The van der Waals surface area contributed by atoms with Gasteiger partial charge in [0, 0.05) is 12.7 Å². The average Bonchev–Trinajstić information content (AvgIpc) is 2.14. The van der Waals surface area contributed by atoms with Crippen LogP contribution in [0, 0.1) is 0 Å². The molecule has 0 spiro atoms. The van der Waals surface area contributed by atoms with E-state index in [1.54, 1.807) is 0 Å². The lowest BCUT2D eigenvalue weighted by Crippen LogP contribution is -2.41. The van der Waals surface area contributed by atoms with Crippen LogP contribution >= 0.6 is 11.8 Å². The van der Waals surface area contributed by atoms with Gasteiger partial charge in [-0.3, -0.25) is 25.2 Å². The predicted molar refractivity (Wildman–Crippen MR) is 54.9 cm³/mol. The van der Waals surface area contributed by atoms with Gasteiger partial charge in [-0.25, -0.2) is 0 Å². The van der Waals surface area contributed by atoms with Gasteiger partial charge < -0.3 is 10.8 Å². The lowest BCUT2D eigenvalue weighted by Gasteiger charge is -2.06. The van der Waals surface area contributed by atoms with E-state index in [1.165, 1.54) is 6.92 Å². The highest BCUT2D eigenvalue weighted by Gasteiger charge is 2.12. The molecule has 0 bridgehead atoms. The summed E-state index contributed by atoms with van der Waals surface area (Å²) in [4.78, 5) is 31.6. The molecule has 5 N–H and O–H groups in total. The molecular weight excluding hydrogens is 222 g/mol. The van der Waals surface area contributed by atoms with Gasteiger partial charge in [0.15, 0.2) is 0 Å². The fourth-order valence-corrected chi connectivity index (χ4v) is 1.32. The van der Waals surface area contributed by atoms with E-state index >= 15 is 0 Å². The molecule has 0 aromatic carbocycles. The number of rotatable bonds is 5. The van der Waals surface area contributed by atoms with E-state index in [0.717, 1.165) is 11.8 Å². The van der Waals surface area contributed by atoms with Gasteiger partial charge in [-0.05, 0) is 0 Å². The van der Waals surface area contributed by atoms with Crippen LogP contribution in [0.4, 0.5) is 0 Å². The van der Waals surface area contributed by atoms with Crippen molar-refractivity contribution in [2.45, 2.75) is 13.0 Å². The van der Waals surface area contributed by atoms with Crippen molar-refractivity contribution >= 4 is 29.5 Å². The molecule has 2 amide bonds. The third-order valence-electron chi connectivity index (χ3n) is 1.23. The van der Waals surface area contributed by atoms with E-state index in [9.17, 15) is 14.4 Å². The average molecular weight is 235 g/mol. The summed E-state index contributed by atoms with van der Waals surface area (Å²) in [5.74, 6) is -1.71. The summed E-state index contributed by atoms with van der Waals surface area (Å²) in [6, 6.07) is -0.983.